The first kappa shape index (κ1) is 17.5. The number of aromatic nitrogens is 2. The summed E-state index contributed by atoms with van der Waals surface area (Å²) in [6.07, 6.45) is 3.41. The van der Waals surface area contributed by atoms with Crippen LogP contribution in [0.4, 0.5) is 0 Å². The summed E-state index contributed by atoms with van der Waals surface area (Å²) in [6, 6.07) is 7.56. The molecule has 0 spiro atoms. The smallest absolute Gasteiger partial charge is 0.325 e. The molecule has 0 saturated heterocycles. The number of unbranched alkanes of at least 4 members (excludes halogenated alkanes) is 1. The Morgan fingerprint density at radius 1 is 1.17 bits per heavy atom. The van der Waals surface area contributed by atoms with E-state index in [1.807, 2.05) is 24.3 Å². The maximum atomic E-state index is 11.6. The third kappa shape index (κ3) is 5.12. The zero-order valence-corrected chi connectivity index (χ0v) is 13.8. The van der Waals surface area contributed by atoms with Gasteiger partial charge in [-0.2, -0.15) is 0 Å². The summed E-state index contributed by atoms with van der Waals surface area (Å²) in [5.41, 5.74) is 0.579. The standard InChI is InChI=1S/C17H21N3O4/c1-3-4-9-23-14-7-5-13(6-8-14)11-24-18-10-15-12(2)19-17(22)20-16(15)21/h5-8,10H,3-4,9,11H2,1-2H3,(H2,19,20,21,22)/b18-10-. The molecule has 0 aliphatic heterocycles. The Hall–Kier alpha value is -2.83. The zero-order chi connectivity index (χ0) is 17.4. The predicted molar refractivity (Wildman–Crippen MR) is 91.6 cm³/mol. The van der Waals surface area contributed by atoms with Crippen molar-refractivity contribution < 1.29 is 9.57 Å². The Kier molecular flexibility index (Phi) is 6.36. The predicted octanol–water partition coefficient (Wildman–Crippen LogP) is 2.10. The van der Waals surface area contributed by atoms with E-state index in [1.54, 1.807) is 6.92 Å². The van der Waals surface area contributed by atoms with E-state index in [-0.39, 0.29) is 12.2 Å². The molecule has 0 radical (unpaired) electrons. The van der Waals surface area contributed by atoms with Gasteiger partial charge < -0.3 is 14.6 Å². The highest BCUT2D eigenvalue weighted by Crippen LogP contribution is 2.13. The van der Waals surface area contributed by atoms with E-state index in [0.29, 0.717) is 12.3 Å². The minimum absolute atomic E-state index is 0.259. The highest BCUT2D eigenvalue weighted by Gasteiger charge is 2.02. The Balaban J connectivity index is 1.88. The van der Waals surface area contributed by atoms with E-state index in [0.717, 1.165) is 24.2 Å². The number of oxime groups is 1. The van der Waals surface area contributed by atoms with Gasteiger partial charge >= 0.3 is 5.69 Å². The molecule has 0 atom stereocenters. The summed E-state index contributed by atoms with van der Waals surface area (Å²) in [6.45, 7) is 4.72. The van der Waals surface area contributed by atoms with Crippen LogP contribution in [-0.2, 0) is 11.4 Å². The zero-order valence-electron chi connectivity index (χ0n) is 13.8. The number of benzene rings is 1. The molecule has 7 nitrogen and oxygen atoms in total. The number of nitrogens with zero attached hydrogens (tertiary/aromatic N) is 1. The fourth-order valence-corrected chi connectivity index (χ4v) is 1.98. The minimum Gasteiger partial charge on any atom is -0.494 e. The molecule has 0 unspecified atom stereocenters. The molecule has 1 heterocycles. The normalized spacial score (nSPS) is 10.9. The molecule has 2 aromatic rings. The van der Waals surface area contributed by atoms with Crippen molar-refractivity contribution in [1.29, 1.82) is 0 Å². The van der Waals surface area contributed by atoms with Gasteiger partial charge in [-0.05, 0) is 31.0 Å². The molecule has 24 heavy (non-hydrogen) atoms. The van der Waals surface area contributed by atoms with Crippen LogP contribution in [0.2, 0.25) is 0 Å². The van der Waals surface area contributed by atoms with Crippen LogP contribution in [0.25, 0.3) is 0 Å². The van der Waals surface area contributed by atoms with Gasteiger partial charge in [0, 0.05) is 5.69 Å². The van der Waals surface area contributed by atoms with Gasteiger partial charge in [-0.1, -0.05) is 30.6 Å². The Morgan fingerprint density at radius 3 is 2.58 bits per heavy atom. The fourth-order valence-electron chi connectivity index (χ4n) is 1.98. The summed E-state index contributed by atoms with van der Waals surface area (Å²) < 4.78 is 5.58. The number of nitrogens with one attached hydrogen (secondary N) is 2. The number of aryl methyl sites for hydroxylation is 1. The third-order valence-electron chi connectivity index (χ3n) is 3.35. The largest absolute Gasteiger partial charge is 0.494 e. The van der Waals surface area contributed by atoms with E-state index >= 15 is 0 Å². The van der Waals surface area contributed by atoms with Crippen LogP contribution in [0.3, 0.4) is 0 Å². The van der Waals surface area contributed by atoms with Crippen molar-refractivity contribution in [1.82, 2.24) is 9.97 Å². The number of hydrogen-bond acceptors (Lipinski definition) is 5. The lowest BCUT2D eigenvalue weighted by molar-refractivity contribution is 0.132. The van der Waals surface area contributed by atoms with Gasteiger partial charge in [-0.3, -0.25) is 9.78 Å². The van der Waals surface area contributed by atoms with Gasteiger partial charge in [0.05, 0.1) is 18.4 Å². The SMILES string of the molecule is CCCCOc1ccc(CO/N=C\c2c(C)[nH]c(=O)[nH]c2=O)cc1. The van der Waals surface area contributed by atoms with Crippen LogP contribution in [0.5, 0.6) is 5.75 Å². The number of ether oxygens (including phenoxy) is 1. The lowest BCUT2D eigenvalue weighted by Gasteiger charge is -2.06. The van der Waals surface area contributed by atoms with E-state index in [4.69, 9.17) is 9.57 Å². The average Bonchev–Trinajstić information content (AvgIpc) is 2.55. The van der Waals surface area contributed by atoms with Gasteiger partial charge in [0.25, 0.3) is 5.56 Å². The number of H-pyrrole nitrogens is 2. The van der Waals surface area contributed by atoms with Crippen LogP contribution in [0.1, 0.15) is 36.6 Å². The maximum Gasteiger partial charge on any atom is 0.325 e. The number of hydrogen-bond donors (Lipinski definition) is 2. The molecule has 2 N–H and O–H groups in total. The summed E-state index contributed by atoms with van der Waals surface area (Å²) in [7, 11) is 0. The monoisotopic (exact) mass is 331 g/mol. The molecule has 0 amide bonds. The number of aromatic amines is 2. The van der Waals surface area contributed by atoms with Crippen LogP contribution < -0.4 is 16.0 Å². The molecule has 0 bridgehead atoms. The molecule has 128 valence electrons. The van der Waals surface area contributed by atoms with Crippen molar-refractivity contribution in [3.63, 3.8) is 0 Å². The molecule has 2 rings (SSSR count). The first-order chi connectivity index (χ1) is 11.6. The maximum absolute atomic E-state index is 11.6. The lowest BCUT2D eigenvalue weighted by Crippen LogP contribution is -2.26. The van der Waals surface area contributed by atoms with Gasteiger partial charge in [-0.15, -0.1) is 0 Å². The van der Waals surface area contributed by atoms with E-state index in [1.165, 1.54) is 6.21 Å². The van der Waals surface area contributed by atoms with E-state index < -0.39 is 11.2 Å². The van der Waals surface area contributed by atoms with E-state index in [2.05, 4.69) is 22.0 Å². The molecule has 0 saturated carbocycles. The van der Waals surface area contributed by atoms with Gasteiger partial charge in [0.15, 0.2) is 0 Å². The summed E-state index contributed by atoms with van der Waals surface area (Å²) >= 11 is 0. The molecule has 0 aliphatic carbocycles. The first-order valence-electron chi connectivity index (χ1n) is 7.80. The molecule has 1 aromatic heterocycles. The highest BCUT2D eigenvalue weighted by atomic mass is 16.6. The topological polar surface area (TPSA) is 96.5 Å². The average molecular weight is 331 g/mol. The van der Waals surface area contributed by atoms with Crippen LogP contribution in [0.15, 0.2) is 39.0 Å². The van der Waals surface area contributed by atoms with Crippen molar-refractivity contribution in [3.05, 3.63) is 61.9 Å². The summed E-state index contributed by atoms with van der Waals surface area (Å²) in [5, 5.41) is 3.77. The second-order valence-electron chi connectivity index (χ2n) is 5.30. The van der Waals surface area contributed by atoms with Crippen molar-refractivity contribution in [2.24, 2.45) is 5.16 Å². The quantitative estimate of drug-likeness (QED) is 0.440. The van der Waals surface area contributed by atoms with Crippen molar-refractivity contribution >= 4 is 6.21 Å². The number of rotatable bonds is 8. The van der Waals surface area contributed by atoms with Crippen LogP contribution >= 0.6 is 0 Å². The minimum atomic E-state index is -0.545. The summed E-state index contributed by atoms with van der Waals surface area (Å²) in [5.74, 6) is 0.825. The third-order valence-corrected chi connectivity index (χ3v) is 3.35. The highest BCUT2D eigenvalue weighted by molar-refractivity contribution is 5.79. The Morgan fingerprint density at radius 2 is 1.92 bits per heavy atom. The fraction of sp³-hybridized carbons (Fsp3) is 0.353. The van der Waals surface area contributed by atoms with Crippen LogP contribution in [0, 0.1) is 6.92 Å². The Labute approximate surface area is 139 Å². The van der Waals surface area contributed by atoms with Crippen molar-refractivity contribution in [3.8, 4) is 5.75 Å². The van der Waals surface area contributed by atoms with Crippen molar-refractivity contribution in [2.75, 3.05) is 6.61 Å². The Bertz CT molecular complexity index is 791. The van der Waals surface area contributed by atoms with Crippen LogP contribution in [-0.4, -0.2) is 22.8 Å². The summed E-state index contributed by atoms with van der Waals surface area (Å²) in [4.78, 5) is 32.5. The van der Waals surface area contributed by atoms with Crippen molar-refractivity contribution in [2.45, 2.75) is 33.3 Å². The van der Waals surface area contributed by atoms with Gasteiger partial charge in [-0.25, -0.2) is 4.79 Å². The molecular formula is C17H21N3O4. The second-order valence-corrected chi connectivity index (χ2v) is 5.30. The lowest BCUT2D eigenvalue weighted by atomic mass is 10.2. The van der Waals surface area contributed by atoms with Gasteiger partial charge in [0.2, 0.25) is 0 Å². The molecule has 0 fully saturated rings. The second kappa shape index (κ2) is 8.71. The molecular weight excluding hydrogens is 310 g/mol. The molecule has 0 aliphatic rings. The van der Waals surface area contributed by atoms with Gasteiger partial charge in [0.1, 0.15) is 12.4 Å². The van der Waals surface area contributed by atoms with E-state index in [9.17, 15) is 9.59 Å². The molecule has 1 aromatic carbocycles. The molecule has 7 heteroatoms. The first-order valence-corrected chi connectivity index (χ1v) is 7.80.